The summed E-state index contributed by atoms with van der Waals surface area (Å²) >= 11 is 0. The zero-order chi connectivity index (χ0) is 20.1. The number of benzene rings is 1. The molecule has 1 aliphatic rings. The number of aromatic amines is 1. The van der Waals surface area contributed by atoms with E-state index in [1.54, 1.807) is 7.11 Å². The third-order valence-corrected chi connectivity index (χ3v) is 5.03. The smallest absolute Gasteiger partial charge is 0.265 e. The molecule has 1 fully saturated rings. The molecule has 1 atom stereocenters. The predicted molar refractivity (Wildman–Crippen MR) is 109 cm³/mol. The van der Waals surface area contributed by atoms with E-state index >= 15 is 0 Å². The molecular weight excluding hydrogens is 358 g/mol. The molecule has 0 saturated carbocycles. The Balaban J connectivity index is 1.67. The van der Waals surface area contributed by atoms with E-state index in [4.69, 9.17) is 4.74 Å². The summed E-state index contributed by atoms with van der Waals surface area (Å²) in [4.78, 5) is 35.9. The van der Waals surface area contributed by atoms with Gasteiger partial charge in [0, 0.05) is 38.4 Å². The van der Waals surface area contributed by atoms with Crippen molar-refractivity contribution in [2.45, 2.75) is 26.3 Å². The van der Waals surface area contributed by atoms with Crippen LogP contribution in [0.1, 0.15) is 30.6 Å². The number of carbonyl (C=O) groups is 1. The number of nitrogens with one attached hydrogen (secondary N) is 2. The SMILES string of the molecule is CC[C@H](C)NC(=O)c1cnc(N2CCN(c3ccccc3OC)CC2)[nH]c1=O. The van der Waals surface area contributed by atoms with Gasteiger partial charge < -0.3 is 19.9 Å². The first-order valence-corrected chi connectivity index (χ1v) is 9.56. The molecule has 0 bridgehead atoms. The average Bonchev–Trinajstić information content (AvgIpc) is 2.73. The van der Waals surface area contributed by atoms with E-state index in [0.717, 1.165) is 30.9 Å². The van der Waals surface area contributed by atoms with E-state index < -0.39 is 11.5 Å². The molecule has 0 aliphatic carbocycles. The van der Waals surface area contributed by atoms with Gasteiger partial charge in [0.15, 0.2) is 0 Å². The summed E-state index contributed by atoms with van der Waals surface area (Å²) in [5.74, 6) is 0.944. The Bertz CT molecular complexity index is 874. The minimum atomic E-state index is -0.419. The van der Waals surface area contributed by atoms with Crippen molar-refractivity contribution in [2.24, 2.45) is 0 Å². The van der Waals surface area contributed by atoms with Crippen LogP contribution in [0.2, 0.25) is 0 Å². The molecule has 150 valence electrons. The molecule has 1 saturated heterocycles. The highest BCUT2D eigenvalue weighted by Gasteiger charge is 2.22. The van der Waals surface area contributed by atoms with Gasteiger partial charge in [-0.3, -0.25) is 14.6 Å². The molecule has 1 aliphatic heterocycles. The van der Waals surface area contributed by atoms with Gasteiger partial charge >= 0.3 is 0 Å². The number of rotatable bonds is 6. The molecule has 1 aromatic heterocycles. The lowest BCUT2D eigenvalue weighted by molar-refractivity contribution is 0.0937. The molecule has 2 N–H and O–H groups in total. The fourth-order valence-electron chi connectivity index (χ4n) is 3.16. The van der Waals surface area contributed by atoms with Crippen molar-refractivity contribution in [3.8, 4) is 5.75 Å². The molecule has 28 heavy (non-hydrogen) atoms. The van der Waals surface area contributed by atoms with Gasteiger partial charge in [0.1, 0.15) is 11.3 Å². The number of H-pyrrole nitrogens is 1. The number of aromatic nitrogens is 2. The number of anilines is 2. The number of nitrogens with zero attached hydrogens (tertiary/aromatic N) is 3. The molecule has 2 aromatic rings. The number of methoxy groups -OCH3 is 1. The Labute approximate surface area is 164 Å². The third kappa shape index (κ3) is 4.27. The highest BCUT2D eigenvalue weighted by molar-refractivity contribution is 5.93. The van der Waals surface area contributed by atoms with E-state index in [1.807, 2.05) is 43.0 Å². The van der Waals surface area contributed by atoms with Crippen LogP contribution in [0.5, 0.6) is 5.75 Å². The van der Waals surface area contributed by atoms with Gasteiger partial charge in [-0.15, -0.1) is 0 Å². The van der Waals surface area contributed by atoms with Gasteiger partial charge in [-0.1, -0.05) is 19.1 Å². The molecule has 8 nitrogen and oxygen atoms in total. The summed E-state index contributed by atoms with van der Waals surface area (Å²) in [6.45, 7) is 6.84. The van der Waals surface area contributed by atoms with Crippen LogP contribution in [0.3, 0.4) is 0 Å². The summed E-state index contributed by atoms with van der Waals surface area (Å²) < 4.78 is 5.44. The maximum Gasteiger partial charge on any atom is 0.265 e. The molecule has 1 aromatic carbocycles. The van der Waals surface area contributed by atoms with Crippen molar-refractivity contribution >= 4 is 17.5 Å². The Morgan fingerprint density at radius 3 is 2.57 bits per heavy atom. The second kappa shape index (κ2) is 8.77. The number of para-hydroxylation sites is 2. The van der Waals surface area contributed by atoms with Gasteiger partial charge in [-0.2, -0.15) is 0 Å². The van der Waals surface area contributed by atoms with Crippen LogP contribution < -0.4 is 25.4 Å². The predicted octanol–water partition coefficient (Wildman–Crippen LogP) is 1.63. The first-order chi connectivity index (χ1) is 13.5. The highest BCUT2D eigenvalue weighted by atomic mass is 16.5. The van der Waals surface area contributed by atoms with E-state index in [1.165, 1.54) is 6.20 Å². The molecule has 8 heteroatoms. The van der Waals surface area contributed by atoms with E-state index in [-0.39, 0.29) is 11.6 Å². The van der Waals surface area contributed by atoms with Gasteiger partial charge in [-0.05, 0) is 25.5 Å². The van der Waals surface area contributed by atoms with Crippen molar-refractivity contribution in [3.05, 3.63) is 46.4 Å². The third-order valence-electron chi connectivity index (χ3n) is 5.03. The average molecular weight is 385 g/mol. The Kier molecular flexibility index (Phi) is 6.18. The molecular formula is C20H27N5O3. The maximum absolute atomic E-state index is 12.4. The first-order valence-electron chi connectivity index (χ1n) is 9.56. The summed E-state index contributed by atoms with van der Waals surface area (Å²) in [6.07, 6.45) is 2.16. The monoisotopic (exact) mass is 385 g/mol. The van der Waals surface area contributed by atoms with Crippen molar-refractivity contribution in [1.29, 1.82) is 0 Å². The summed E-state index contributed by atoms with van der Waals surface area (Å²) in [7, 11) is 1.67. The maximum atomic E-state index is 12.4. The largest absolute Gasteiger partial charge is 0.495 e. The zero-order valence-electron chi connectivity index (χ0n) is 16.6. The molecule has 0 radical (unpaired) electrons. The van der Waals surface area contributed by atoms with Crippen molar-refractivity contribution in [3.63, 3.8) is 0 Å². The van der Waals surface area contributed by atoms with E-state index in [0.29, 0.717) is 19.0 Å². The Hall–Kier alpha value is -3.03. The standard InChI is InChI=1S/C20H27N5O3/c1-4-14(2)22-18(26)15-13-21-20(23-19(15)27)25-11-9-24(10-12-25)16-7-5-6-8-17(16)28-3/h5-8,13-14H,4,9-12H2,1-3H3,(H,22,26)(H,21,23,27)/t14-/m0/s1. The van der Waals surface area contributed by atoms with Crippen LogP contribution in [0.25, 0.3) is 0 Å². The Morgan fingerprint density at radius 1 is 1.25 bits per heavy atom. The van der Waals surface area contributed by atoms with Gasteiger partial charge in [-0.25, -0.2) is 4.98 Å². The Morgan fingerprint density at radius 2 is 1.93 bits per heavy atom. The van der Waals surface area contributed by atoms with Crippen LogP contribution in [-0.4, -0.2) is 55.2 Å². The van der Waals surface area contributed by atoms with Crippen molar-refractivity contribution < 1.29 is 9.53 Å². The molecule has 0 spiro atoms. The number of amides is 1. The highest BCUT2D eigenvalue weighted by Crippen LogP contribution is 2.28. The number of hydrogen-bond donors (Lipinski definition) is 2. The number of carbonyl (C=O) groups excluding carboxylic acids is 1. The van der Waals surface area contributed by atoms with Crippen LogP contribution in [0.4, 0.5) is 11.6 Å². The molecule has 2 heterocycles. The fourth-order valence-corrected chi connectivity index (χ4v) is 3.16. The van der Waals surface area contributed by atoms with Crippen LogP contribution in [0.15, 0.2) is 35.3 Å². The van der Waals surface area contributed by atoms with Crippen LogP contribution in [-0.2, 0) is 0 Å². The summed E-state index contributed by atoms with van der Waals surface area (Å²) in [6, 6.07) is 7.94. The second-order valence-corrected chi connectivity index (χ2v) is 6.88. The molecule has 0 unspecified atom stereocenters. The van der Waals surface area contributed by atoms with E-state index in [9.17, 15) is 9.59 Å². The lowest BCUT2D eigenvalue weighted by atomic mass is 10.2. The topological polar surface area (TPSA) is 90.6 Å². The van der Waals surface area contributed by atoms with Crippen LogP contribution >= 0.6 is 0 Å². The van der Waals surface area contributed by atoms with Crippen molar-refractivity contribution in [2.75, 3.05) is 43.1 Å². The number of piperazine rings is 1. The summed E-state index contributed by atoms with van der Waals surface area (Å²) in [5, 5.41) is 2.79. The normalized spacial score (nSPS) is 15.2. The minimum absolute atomic E-state index is 0.00892. The minimum Gasteiger partial charge on any atom is -0.495 e. The van der Waals surface area contributed by atoms with Gasteiger partial charge in [0.2, 0.25) is 5.95 Å². The first kappa shape index (κ1) is 19.7. The van der Waals surface area contributed by atoms with E-state index in [2.05, 4.69) is 20.2 Å². The number of hydrogen-bond acceptors (Lipinski definition) is 6. The number of ether oxygens (including phenoxy) is 1. The lowest BCUT2D eigenvalue weighted by Crippen LogP contribution is -2.47. The summed E-state index contributed by atoms with van der Waals surface area (Å²) in [5.41, 5.74) is 0.679. The zero-order valence-corrected chi connectivity index (χ0v) is 16.6. The second-order valence-electron chi connectivity index (χ2n) is 6.88. The fraction of sp³-hybridized carbons (Fsp3) is 0.450. The molecule has 3 rings (SSSR count). The van der Waals surface area contributed by atoms with Crippen molar-refractivity contribution in [1.82, 2.24) is 15.3 Å². The lowest BCUT2D eigenvalue weighted by Gasteiger charge is -2.36. The van der Waals surface area contributed by atoms with Gasteiger partial charge in [0.25, 0.3) is 11.5 Å². The van der Waals surface area contributed by atoms with Gasteiger partial charge in [0.05, 0.1) is 12.8 Å². The molecule has 1 amide bonds. The quantitative estimate of drug-likeness (QED) is 0.786. The van der Waals surface area contributed by atoms with Crippen LogP contribution in [0, 0.1) is 0 Å².